The minimum absolute atomic E-state index is 0.827. The fourth-order valence-electron chi connectivity index (χ4n) is 1.83. The van der Waals surface area contributed by atoms with Crippen LogP contribution in [0, 0.1) is 5.92 Å². The van der Waals surface area contributed by atoms with E-state index in [4.69, 9.17) is 0 Å². The number of aromatic amines is 1. The summed E-state index contributed by atoms with van der Waals surface area (Å²) in [6.45, 7) is 2.33. The Morgan fingerprint density at radius 3 is 2.85 bits per heavy atom. The first-order valence-corrected chi connectivity index (χ1v) is 5.54. The van der Waals surface area contributed by atoms with Crippen LogP contribution in [0.4, 0.5) is 0 Å². The summed E-state index contributed by atoms with van der Waals surface area (Å²) >= 11 is 3.34. The lowest BCUT2D eigenvalue weighted by Gasteiger charge is -2.21. The van der Waals surface area contributed by atoms with Crippen molar-refractivity contribution in [2.24, 2.45) is 5.92 Å². The molecule has 3 nitrogen and oxygen atoms in total. The molecular weight excluding hydrogens is 230 g/mol. The predicted molar refractivity (Wildman–Crippen MR) is 55.6 cm³/mol. The SMILES string of the molecule is Brc1cc(CC2CCNCC2)[nH]n1. The first kappa shape index (κ1) is 9.21. The Morgan fingerprint density at radius 2 is 2.23 bits per heavy atom. The molecule has 1 aromatic heterocycles. The molecule has 72 valence electrons. The normalized spacial score (nSPS) is 19.2. The maximum absolute atomic E-state index is 4.06. The molecule has 0 unspecified atom stereocenters. The summed E-state index contributed by atoms with van der Waals surface area (Å²) in [4.78, 5) is 0. The van der Waals surface area contributed by atoms with Crippen molar-refractivity contribution < 1.29 is 0 Å². The molecule has 1 aliphatic heterocycles. The topological polar surface area (TPSA) is 40.7 Å². The molecule has 0 spiro atoms. The molecular formula is C9H14BrN3. The van der Waals surface area contributed by atoms with E-state index in [0.717, 1.165) is 16.9 Å². The second-order valence-electron chi connectivity index (χ2n) is 3.61. The van der Waals surface area contributed by atoms with Gasteiger partial charge >= 0.3 is 0 Å². The lowest BCUT2D eigenvalue weighted by molar-refractivity contribution is 0.370. The highest BCUT2D eigenvalue weighted by atomic mass is 79.9. The van der Waals surface area contributed by atoms with Crippen LogP contribution in [0.2, 0.25) is 0 Å². The van der Waals surface area contributed by atoms with Crippen LogP contribution >= 0.6 is 15.9 Å². The molecule has 0 amide bonds. The molecule has 1 aliphatic rings. The highest BCUT2D eigenvalue weighted by Gasteiger charge is 2.14. The van der Waals surface area contributed by atoms with Gasteiger partial charge in [0.1, 0.15) is 4.60 Å². The second kappa shape index (κ2) is 4.24. The number of nitrogens with zero attached hydrogens (tertiary/aromatic N) is 1. The van der Waals surface area contributed by atoms with Gasteiger partial charge < -0.3 is 5.32 Å². The molecule has 0 saturated carbocycles. The zero-order valence-electron chi connectivity index (χ0n) is 7.52. The van der Waals surface area contributed by atoms with E-state index in [1.165, 1.54) is 31.6 Å². The van der Waals surface area contributed by atoms with Crippen LogP contribution in [0.5, 0.6) is 0 Å². The Labute approximate surface area is 86.4 Å². The van der Waals surface area contributed by atoms with Gasteiger partial charge in [0.15, 0.2) is 0 Å². The van der Waals surface area contributed by atoms with Crippen LogP contribution in [-0.4, -0.2) is 23.3 Å². The molecule has 0 aromatic carbocycles. The quantitative estimate of drug-likeness (QED) is 0.831. The highest BCUT2D eigenvalue weighted by Crippen LogP contribution is 2.18. The van der Waals surface area contributed by atoms with E-state index >= 15 is 0 Å². The number of nitrogens with one attached hydrogen (secondary N) is 2. The summed E-state index contributed by atoms with van der Waals surface area (Å²) in [5.41, 5.74) is 1.25. The first-order chi connectivity index (χ1) is 6.34. The molecule has 0 radical (unpaired) electrons. The molecule has 2 heterocycles. The Balaban J connectivity index is 1.89. The van der Waals surface area contributed by atoms with Crippen molar-refractivity contribution >= 4 is 15.9 Å². The number of aromatic nitrogens is 2. The maximum Gasteiger partial charge on any atom is 0.128 e. The molecule has 4 heteroatoms. The van der Waals surface area contributed by atoms with Crippen molar-refractivity contribution in [3.05, 3.63) is 16.4 Å². The molecule has 2 rings (SSSR count). The van der Waals surface area contributed by atoms with Crippen LogP contribution in [0.1, 0.15) is 18.5 Å². The summed E-state index contributed by atoms with van der Waals surface area (Å²) in [5.74, 6) is 0.827. The Kier molecular flexibility index (Phi) is 3.01. The molecule has 1 fully saturated rings. The van der Waals surface area contributed by atoms with Gasteiger partial charge in [-0.3, -0.25) is 5.10 Å². The summed E-state index contributed by atoms with van der Waals surface area (Å²) in [6.07, 6.45) is 3.72. The molecule has 1 saturated heterocycles. The Hall–Kier alpha value is -0.350. The van der Waals surface area contributed by atoms with Crippen molar-refractivity contribution in [1.82, 2.24) is 15.5 Å². The van der Waals surface area contributed by atoms with E-state index in [2.05, 4.69) is 37.5 Å². The van der Waals surface area contributed by atoms with Crippen molar-refractivity contribution in [2.45, 2.75) is 19.3 Å². The van der Waals surface area contributed by atoms with E-state index in [1.54, 1.807) is 0 Å². The lowest BCUT2D eigenvalue weighted by Crippen LogP contribution is -2.28. The average Bonchev–Trinajstić information content (AvgIpc) is 2.53. The third-order valence-corrected chi connectivity index (χ3v) is 2.97. The van der Waals surface area contributed by atoms with Gasteiger partial charge in [0, 0.05) is 5.69 Å². The van der Waals surface area contributed by atoms with Crippen molar-refractivity contribution in [2.75, 3.05) is 13.1 Å². The Bertz CT molecular complexity index is 266. The van der Waals surface area contributed by atoms with Gasteiger partial charge in [-0.2, -0.15) is 5.10 Å². The number of halogens is 1. The smallest absolute Gasteiger partial charge is 0.128 e. The van der Waals surface area contributed by atoms with Crippen molar-refractivity contribution in [3.63, 3.8) is 0 Å². The van der Waals surface area contributed by atoms with Gasteiger partial charge in [0.25, 0.3) is 0 Å². The number of piperidine rings is 1. The van der Waals surface area contributed by atoms with Crippen LogP contribution in [0.3, 0.4) is 0 Å². The van der Waals surface area contributed by atoms with E-state index < -0.39 is 0 Å². The van der Waals surface area contributed by atoms with Crippen LogP contribution < -0.4 is 5.32 Å². The van der Waals surface area contributed by atoms with E-state index in [9.17, 15) is 0 Å². The Morgan fingerprint density at radius 1 is 1.46 bits per heavy atom. The van der Waals surface area contributed by atoms with E-state index in [-0.39, 0.29) is 0 Å². The third kappa shape index (κ3) is 2.54. The standard InChI is InChI=1S/C9H14BrN3/c10-9-6-8(12-13-9)5-7-1-3-11-4-2-7/h6-7,11H,1-5H2,(H,12,13). The van der Waals surface area contributed by atoms with Gasteiger partial charge in [-0.05, 0) is 60.3 Å². The van der Waals surface area contributed by atoms with Gasteiger partial charge in [0.2, 0.25) is 0 Å². The maximum atomic E-state index is 4.06. The van der Waals surface area contributed by atoms with Gasteiger partial charge in [-0.1, -0.05) is 0 Å². The van der Waals surface area contributed by atoms with Crippen LogP contribution in [0.25, 0.3) is 0 Å². The zero-order valence-corrected chi connectivity index (χ0v) is 9.10. The monoisotopic (exact) mass is 243 g/mol. The van der Waals surface area contributed by atoms with Crippen LogP contribution in [-0.2, 0) is 6.42 Å². The molecule has 2 N–H and O–H groups in total. The third-order valence-electron chi connectivity index (χ3n) is 2.57. The van der Waals surface area contributed by atoms with E-state index in [1.807, 2.05) is 0 Å². The van der Waals surface area contributed by atoms with Gasteiger partial charge in [-0.25, -0.2) is 0 Å². The second-order valence-corrected chi connectivity index (χ2v) is 4.43. The largest absolute Gasteiger partial charge is 0.317 e. The summed E-state index contributed by atoms with van der Waals surface area (Å²) in [7, 11) is 0. The first-order valence-electron chi connectivity index (χ1n) is 4.75. The summed E-state index contributed by atoms with van der Waals surface area (Å²) < 4.78 is 0.913. The lowest BCUT2D eigenvalue weighted by atomic mass is 9.93. The minimum atomic E-state index is 0.827. The van der Waals surface area contributed by atoms with Crippen molar-refractivity contribution in [3.8, 4) is 0 Å². The number of rotatable bonds is 2. The molecule has 0 bridgehead atoms. The minimum Gasteiger partial charge on any atom is -0.317 e. The van der Waals surface area contributed by atoms with Crippen LogP contribution in [0.15, 0.2) is 10.7 Å². The predicted octanol–water partition coefficient (Wildman–Crippen LogP) is 1.71. The fraction of sp³-hybridized carbons (Fsp3) is 0.667. The fourth-order valence-corrected chi connectivity index (χ4v) is 2.20. The molecule has 1 aromatic rings. The highest BCUT2D eigenvalue weighted by molar-refractivity contribution is 9.10. The van der Waals surface area contributed by atoms with Gasteiger partial charge in [0.05, 0.1) is 0 Å². The van der Waals surface area contributed by atoms with Crippen molar-refractivity contribution in [1.29, 1.82) is 0 Å². The zero-order chi connectivity index (χ0) is 9.10. The number of H-pyrrole nitrogens is 1. The van der Waals surface area contributed by atoms with Gasteiger partial charge in [-0.15, -0.1) is 0 Å². The average molecular weight is 244 g/mol. The molecule has 13 heavy (non-hydrogen) atoms. The number of hydrogen-bond acceptors (Lipinski definition) is 2. The van der Waals surface area contributed by atoms with E-state index in [0.29, 0.717) is 0 Å². The number of hydrogen-bond donors (Lipinski definition) is 2. The molecule has 0 aliphatic carbocycles. The summed E-state index contributed by atoms with van der Waals surface area (Å²) in [6, 6.07) is 2.07. The molecule has 0 atom stereocenters. The summed E-state index contributed by atoms with van der Waals surface area (Å²) in [5, 5.41) is 10.5.